The van der Waals surface area contributed by atoms with Crippen molar-refractivity contribution < 1.29 is 9.13 Å². The van der Waals surface area contributed by atoms with E-state index in [-0.39, 0.29) is 18.0 Å². The van der Waals surface area contributed by atoms with Gasteiger partial charge < -0.3 is 10.1 Å². The van der Waals surface area contributed by atoms with E-state index in [1.807, 2.05) is 19.2 Å². The zero-order valence-corrected chi connectivity index (χ0v) is 12.7. The van der Waals surface area contributed by atoms with Gasteiger partial charge in [-0.25, -0.2) is 4.39 Å². The van der Waals surface area contributed by atoms with Crippen LogP contribution in [0.15, 0.2) is 36.4 Å². The lowest BCUT2D eigenvalue weighted by Gasteiger charge is -2.32. The Morgan fingerprint density at radius 2 is 2.05 bits per heavy atom. The average Bonchev–Trinajstić information content (AvgIpc) is 2.45. The van der Waals surface area contributed by atoms with Crippen molar-refractivity contribution in [3.63, 3.8) is 0 Å². The summed E-state index contributed by atoms with van der Waals surface area (Å²) in [6.45, 7) is 2.06. The van der Waals surface area contributed by atoms with Crippen molar-refractivity contribution in [2.75, 3.05) is 7.05 Å². The van der Waals surface area contributed by atoms with Crippen molar-refractivity contribution in [2.24, 2.45) is 0 Å². The van der Waals surface area contributed by atoms with E-state index in [2.05, 4.69) is 18.3 Å². The molecule has 110 valence electrons. The Morgan fingerprint density at radius 3 is 2.76 bits per heavy atom. The molecule has 2 unspecified atom stereocenters. The van der Waals surface area contributed by atoms with E-state index in [0.29, 0.717) is 5.02 Å². The molecule has 0 bridgehead atoms. The first-order valence-corrected chi connectivity index (χ1v) is 7.35. The molecular weight excluding hydrogens is 289 g/mol. The van der Waals surface area contributed by atoms with Crippen LogP contribution in [0, 0.1) is 12.7 Å². The lowest BCUT2D eigenvalue weighted by atomic mass is 9.92. The maximum absolute atomic E-state index is 13.6. The Balaban J connectivity index is 1.98. The number of ether oxygens (including phenoxy) is 1. The highest BCUT2D eigenvalue weighted by molar-refractivity contribution is 6.30. The number of hydrogen-bond donors (Lipinski definition) is 1. The van der Waals surface area contributed by atoms with Gasteiger partial charge in [0.05, 0.1) is 0 Å². The molecular formula is C17H17ClFNO. The molecule has 0 spiro atoms. The molecule has 0 saturated heterocycles. The van der Waals surface area contributed by atoms with Gasteiger partial charge in [0.15, 0.2) is 0 Å². The molecule has 1 aliphatic heterocycles. The summed E-state index contributed by atoms with van der Waals surface area (Å²) in [6, 6.07) is 10.9. The number of fused-ring (bicyclic) bond motifs is 1. The van der Waals surface area contributed by atoms with E-state index in [1.54, 1.807) is 6.07 Å². The monoisotopic (exact) mass is 305 g/mol. The quantitative estimate of drug-likeness (QED) is 0.877. The highest BCUT2D eigenvalue weighted by atomic mass is 35.5. The Bertz CT molecular complexity index is 654. The van der Waals surface area contributed by atoms with Crippen molar-refractivity contribution in [1.29, 1.82) is 0 Å². The third kappa shape index (κ3) is 2.89. The molecule has 2 nitrogen and oxygen atoms in total. The van der Waals surface area contributed by atoms with Crippen molar-refractivity contribution >= 4 is 11.6 Å². The molecule has 1 aliphatic rings. The van der Waals surface area contributed by atoms with E-state index in [0.717, 1.165) is 23.3 Å². The van der Waals surface area contributed by atoms with Gasteiger partial charge in [-0.1, -0.05) is 29.3 Å². The van der Waals surface area contributed by atoms with Gasteiger partial charge in [-0.3, -0.25) is 0 Å². The normalized spacial score (nSPS) is 20.8. The SMILES string of the molecule is CNC1CC(c2cc(F)cc(Cl)c2)Oc2ccc(C)cc21. The van der Waals surface area contributed by atoms with Gasteiger partial charge in [-0.2, -0.15) is 0 Å². The highest BCUT2D eigenvalue weighted by Gasteiger charge is 2.28. The topological polar surface area (TPSA) is 21.3 Å². The molecule has 4 heteroatoms. The second-order valence-electron chi connectivity index (χ2n) is 5.43. The van der Waals surface area contributed by atoms with Crippen LogP contribution in [0.4, 0.5) is 4.39 Å². The first-order valence-electron chi connectivity index (χ1n) is 6.97. The van der Waals surface area contributed by atoms with E-state index in [9.17, 15) is 4.39 Å². The molecule has 0 fully saturated rings. The summed E-state index contributed by atoms with van der Waals surface area (Å²) in [4.78, 5) is 0. The van der Waals surface area contributed by atoms with Gasteiger partial charge in [0.1, 0.15) is 17.7 Å². The number of benzene rings is 2. The van der Waals surface area contributed by atoms with Gasteiger partial charge >= 0.3 is 0 Å². The molecule has 1 N–H and O–H groups in total. The smallest absolute Gasteiger partial charge is 0.126 e. The molecule has 21 heavy (non-hydrogen) atoms. The fourth-order valence-corrected chi connectivity index (χ4v) is 3.06. The molecule has 2 aromatic carbocycles. The van der Waals surface area contributed by atoms with Crippen LogP contribution in [-0.4, -0.2) is 7.05 Å². The second kappa shape index (κ2) is 5.66. The molecule has 3 rings (SSSR count). The van der Waals surface area contributed by atoms with Gasteiger partial charge in [0, 0.05) is 23.0 Å². The molecule has 2 aromatic rings. The molecule has 2 atom stereocenters. The van der Waals surface area contributed by atoms with Gasteiger partial charge in [-0.05, 0) is 43.8 Å². The van der Waals surface area contributed by atoms with E-state index in [1.165, 1.54) is 17.7 Å². The number of hydrogen-bond acceptors (Lipinski definition) is 2. The molecule has 0 aliphatic carbocycles. The average molecular weight is 306 g/mol. The molecule has 0 saturated carbocycles. The maximum atomic E-state index is 13.6. The molecule has 0 radical (unpaired) electrons. The lowest BCUT2D eigenvalue weighted by Crippen LogP contribution is -2.26. The van der Waals surface area contributed by atoms with Crippen molar-refractivity contribution in [1.82, 2.24) is 5.32 Å². The van der Waals surface area contributed by atoms with Crippen LogP contribution in [-0.2, 0) is 0 Å². The zero-order chi connectivity index (χ0) is 15.0. The fourth-order valence-electron chi connectivity index (χ4n) is 2.83. The third-order valence-corrected chi connectivity index (χ3v) is 4.08. The predicted molar refractivity (Wildman–Crippen MR) is 82.4 cm³/mol. The van der Waals surface area contributed by atoms with E-state index in [4.69, 9.17) is 16.3 Å². The van der Waals surface area contributed by atoms with Crippen LogP contribution in [0.3, 0.4) is 0 Å². The standard InChI is InChI=1S/C17H17ClFNO/c1-10-3-4-16-14(5-10)15(20-2)9-17(21-16)11-6-12(18)8-13(19)7-11/h3-8,15,17,20H,9H2,1-2H3. The van der Waals surface area contributed by atoms with Gasteiger partial charge in [0.2, 0.25) is 0 Å². The summed E-state index contributed by atoms with van der Waals surface area (Å²) in [5, 5.41) is 3.70. The number of aryl methyl sites for hydroxylation is 1. The second-order valence-corrected chi connectivity index (χ2v) is 5.86. The van der Waals surface area contributed by atoms with Crippen LogP contribution in [0.2, 0.25) is 5.02 Å². The Labute approximate surface area is 128 Å². The van der Waals surface area contributed by atoms with Gasteiger partial charge in [0.25, 0.3) is 0 Å². The first kappa shape index (κ1) is 14.4. The highest BCUT2D eigenvalue weighted by Crippen LogP contribution is 2.41. The Kier molecular flexibility index (Phi) is 3.87. The minimum absolute atomic E-state index is 0.181. The maximum Gasteiger partial charge on any atom is 0.126 e. The van der Waals surface area contributed by atoms with E-state index >= 15 is 0 Å². The van der Waals surface area contributed by atoms with Gasteiger partial charge in [-0.15, -0.1) is 0 Å². The molecule has 0 aromatic heterocycles. The summed E-state index contributed by atoms with van der Waals surface area (Å²) in [6.07, 6.45) is 0.540. The molecule has 1 heterocycles. The first-order chi connectivity index (χ1) is 10.1. The van der Waals surface area contributed by atoms with Crippen LogP contribution in [0.1, 0.15) is 35.3 Å². The summed E-state index contributed by atoms with van der Waals surface area (Å²) in [5.41, 5.74) is 3.12. The van der Waals surface area contributed by atoms with Crippen LogP contribution >= 0.6 is 11.6 Å². The predicted octanol–water partition coefficient (Wildman–Crippen LogP) is 4.57. The summed E-state index contributed by atoms with van der Waals surface area (Å²) >= 11 is 5.95. The minimum atomic E-state index is -0.336. The van der Waals surface area contributed by atoms with Crippen molar-refractivity contribution in [3.05, 3.63) is 63.9 Å². The van der Waals surface area contributed by atoms with Crippen LogP contribution < -0.4 is 10.1 Å². The van der Waals surface area contributed by atoms with Crippen molar-refractivity contribution in [3.8, 4) is 5.75 Å². The Morgan fingerprint density at radius 1 is 1.24 bits per heavy atom. The summed E-state index contributed by atoms with van der Waals surface area (Å²) < 4.78 is 19.6. The van der Waals surface area contributed by atoms with Crippen LogP contribution in [0.5, 0.6) is 5.75 Å². The third-order valence-electron chi connectivity index (χ3n) is 3.86. The van der Waals surface area contributed by atoms with Crippen molar-refractivity contribution in [2.45, 2.75) is 25.5 Å². The van der Waals surface area contributed by atoms with Crippen LogP contribution in [0.25, 0.3) is 0 Å². The zero-order valence-electron chi connectivity index (χ0n) is 12.0. The summed E-state index contributed by atoms with van der Waals surface area (Å²) in [5.74, 6) is 0.508. The fraction of sp³-hybridized carbons (Fsp3) is 0.294. The number of halogens is 2. The summed E-state index contributed by atoms with van der Waals surface area (Å²) in [7, 11) is 1.93. The largest absolute Gasteiger partial charge is 0.485 e. The Hall–Kier alpha value is -1.58. The van der Waals surface area contributed by atoms with E-state index < -0.39 is 0 Å². The minimum Gasteiger partial charge on any atom is -0.485 e. The lowest BCUT2D eigenvalue weighted by molar-refractivity contribution is 0.153. The number of rotatable bonds is 2. The number of nitrogens with one attached hydrogen (secondary N) is 1. The molecule has 0 amide bonds.